The molecule has 2 heterocycles. The van der Waals surface area contributed by atoms with Gasteiger partial charge in [0.05, 0.1) is 36.3 Å². The second-order valence-electron chi connectivity index (χ2n) is 8.82. The molecule has 0 saturated carbocycles. The van der Waals surface area contributed by atoms with Crippen molar-refractivity contribution < 1.29 is 17.9 Å². The van der Waals surface area contributed by atoms with Crippen LogP contribution in [0.1, 0.15) is 17.5 Å². The Kier molecular flexibility index (Phi) is 8.03. The molecular weight excluding hydrogens is 466 g/mol. The molecular formula is C25H31N5O4S. The Morgan fingerprint density at radius 3 is 2.49 bits per heavy atom. The van der Waals surface area contributed by atoms with Crippen LogP contribution in [-0.4, -0.2) is 82.6 Å². The highest BCUT2D eigenvalue weighted by Gasteiger charge is 2.28. The summed E-state index contributed by atoms with van der Waals surface area (Å²) in [5.41, 5.74) is 2.83. The Morgan fingerprint density at radius 1 is 1.03 bits per heavy atom. The average Bonchev–Trinajstić information content (AvgIpc) is 3.11. The van der Waals surface area contributed by atoms with E-state index >= 15 is 0 Å². The van der Waals surface area contributed by atoms with Gasteiger partial charge in [0.15, 0.2) is 0 Å². The molecule has 9 nitrogen and oxygen atoms in total. The summed E-state index contributed by atoms with van der Waals surface area (Å²) >= 11 is 0. The number of anilines is 2. The lowest BCUT2D eigenvalue weighted by molar-refractivity contribution is -0.117. The first kappa shape index (κ1) is 25.1. The molecule has 0 bridgehead atoms. The molecule has 2 aromatic carbocycles. The third kappa shape index (κ3) is 6.18. The molecule has 1 amide bonds. The molecule has 0 aromatic heterocycles. The molecule has 2 saturated heterocycles. The standard InChI is InChI=1S/C25H31N5O4S/c1-20-3-6-22(17-24(20)35(32,33)30-13-15-34-16-14-30)27-25(31)19-28-9-2-10-29(12-11-28)23-7-4-21(18-26)5-8-23/h3-8,17H,2,9-16,19H2,1H3,(H,27,31). The number of carbonyl (C=O) groups excluding carboxylic acids is 1. The van der Waals surface area contributed by atoms with Crippen molar-refractivity contribution in [3.05, 3.63) is 53.6 Å². The summed E-state index contributed by atoms with van der Waals surface area (Å²) in [7, 11) is -3.65. The molecule has 35 heavy (non-hydrogen) atoms. The van der Waals surface area contributed by atoms with Gasteiger partial charge in [0.1, 0.15) is 0 Å². The van der Waals surface area contributed by atoms with E-state index in [0.717, 1.165) is 38.3 Å². The monoisotopic (exact) mass is 497 g/mol. The van der Waals surface area contributed by atoms with E-state index in [1.54, 1.807) is 25.1 Å². The van der Waals surface area contributed by atoms with Crippen LogP contribution in [0.2, 0.25) is 0 Å². The fraction of sp³-hybridized carbons (Fsp3) is 0.440. The van der Waals surface area contributed by atoms with Crippen LogP contribution in [-0.2, 0) is 19.6 Å². The van der Waals surface area contributed by atoms with E-state index in [0.29, 0.717) is 43.1 Å². The van der Waals surface area contributed by atoms with E-state index in [9.17, 15) is 13.2 Å². The molecule has 2 aliphatic rings. The maximum atomic E-state index is 13.1. The van der Waals surface area contributed by atoms with Crippen LogP contribution >= 0.6 is 0 Å². The summed E-state index contributed by atoms with van der Waals surface area (Å²) in [5.74, 6) is -0.171. The quantitative estimate of drug-likeness (QED) is 0.651. The highest BCUT2D eigenvalue weighted by atomic mass is 32.2. The Balaban J connectivity index is 1.36. The number of morpholine rings is 1. The number of nitriles is 1. The molecule has 0 unspecified atom stereocenters. The number of carbonyl (C=O) groups is 1. The fourth-order valence-electron chi connectivity index (χ4n) is 4.42. The smallest absolute Gasteiger partial charge is 0.243 e. The van der Waals surface area contributed by atoms with E-state index < -0.39 is 10.0 Å². The number of benzene rings is 2. The predicted octanol–water partition coefficient (Wildman–Crippen LogP) is 2.04. The summed E-state index contributed by atoms with van der Waals surface area (Å²) in [6.45, 7) is 6.61. The SMILES string of the molecule is Cc1ccc(NC(=O)CN2CCCN(c3ccc(C#N)cc3)CC2)cc1S(=O)(=O)N1CCOCC1. The van der Waals surface area contributed by atoms with Crippen molar-refractivity contribution in [1.29, 1.82) is 5.26 Å². The second kappa shape index (κ2) is 11.2. The van der Waals surface area contributed by atoms with Crippen molar-refractivity contribution in [2.75, 3.05) is 69.2 Å². The number of hydrogen-bond acceptors (Lipinski definition) is 7. The van der Waals surface area contributed by atoms with Crippen molar-refractivity contribution in [1.82, 2.24) is 9.21 Å². The summed E-state index contributed by atoms with van der Waals surface area (Å²) in [6.07, 6.45) is 0.916. The number of nitrogens with one attached hydrogen (secondary N) is 1. The molecule has 0 aliphatic carbocycles. The Morgan fingerprint density at radius 2 is 1.77 bits per heavy atom. The number of aryl methyl sites for hydroxylation is 1. The topological polar surface area (TPSA) is 106 Å². The Bertz CT molecular complexity index is 1190. The maximum Gasteiger partial charge on any atom is 0.243 e. The molecule has 0 atom stereocenters. The number of ether oxygens (including phenoxy) is 1. The minimum atomic E-state index is -3.65. The number of amides is 1. The first-order valence-electron chi connectivity index (χ1n) is 11.8. The molecule has 2 aliphatic heterocycles. The van der Waals surface area contributed by atoms with Crippen molar-refractivity contribution in [2.24, 2.45) is 0 Å². The first-order valence-corrected chi connectivity index (χ1v) is 13.3. The predicted molar refractivity (Wildman–Crippen MR) is 134 cm³/mol. The Labute approximate surface area is 206 Å². The van der Waals surface area contributed by atoms with Gasteiger partial charge < -0.3 is 15.0 Å². The van der Waals surface area contributed by atoms with Gasteiger partial charge >= 0.3 is 0 Å². The number of hydrogen-bond donors (Lipinski definition) is 1. The van der Waals surface area contributed by atoms with Crippen LogP contribution in [0.25, 0.3) is 0 Å². The van der Waals surface area contributed by atoms with E-state index in [4.69, 9.17) is 10.00 Å². The Hall–Kier alpha value is -2.97. The number of sulfonamides is 1. The summed E-state index contributed by atoms with van der Waals surface area (Å²) in [4.78, 5) is 17.4. The summed E-state index contributed by atoms with van der Waals surface area (Å²) in [6, 6.07) is 14.7. The van der Waals surface area contributed by atoms with E-state index in [2.05, 4.69) is 21.2 Å². The van der Waals surface area contributed by atoms with Gasteiger partial charge in [-0.3, -0.25) is 9.69 Å². The average molecular weight is 498 g/mol. The minimum absolute atomic E-state index is 0.171. The van der Waals surface area contributed by atoms with Crippen molar-refractivity contribution in [2.45, 2.75) is 18.2 Å². The first-order chi connectivity index (χ1) is 16.9. The van der Waals surface area contributed by atoms with E-state index in [1.165, 1.54) is 4.31 Å². The lowest BCUT2D eigenvalue weighted by Crippen LogP contribution is -2.40. The van der Waals surface area contributed by atoms with Gasteiger partial charge in [-0.2, -0.15) is 9.57 Å². The maximum absolute atomic E-state index is 13.1. The van der Waals surface area contributed by atoms with Gasteiger partial charge in [-0.15, -0.1) is 0 Å². The third-order valence-corrected chi connectivity index (χ3v) is 8.42. The lowest BCUT2D eigenvalue weighted by Gasteiger charge is -2.27. The highest BCUT2D eigenvalue weighted by Crippen LogP contribution is 2.24. The zero-order valence-corrected chi connectivity index (χ0v) is 20.8. The van der Waals surface area contributed by atoms with Crippen molar-refractivity contribution in [3.8, 4) is 6.07 Å². The molecule has 2 aromatic rings. The van der Waals surface area contributed by atoms with Gasteiger partial charge in [0.25, 0.3) is 0 Å². The summed E-state index contributed by atoms with van der Waals surface area (Å²) in [5, 5.41) is 11.9. The fourth-order valence-corrected chi connectivity index (χ4v) is 6.08. The zero-order chi connectivity index (χ0) is 24.8. The van der Waals surface area contributed by atoms with Crippen LogP contribution in [0.15, 0.2) is 47.4 Å². The van der Waals surface area contributed by atoms with E-state index in [1.807, 2.05) is 24.3 Å². The number of nitrogens with zero attached hydrogens (tertiary/aromatic N) is 4. The van der Waals surface area contributed by atoms with Crippen LogP contribution in [0.3, 0.4) is 0 Å². The van der Waals surface area contributed by atoms with Crippen LogP contribution in [0.4, 0.5) is 11.4 Å². The highest BCUT2D eigenvalue weighted by molar-refractivity contribution is 7.89. The van der Waals surface area contributed by atoms with Crippen LogP contribution in [0.5, 0.6) is 0 Å². The summed E-state index contributed by atoms with van der Waals surface area (Å²) < 4.78 is 32.9. The lowest BCUT2D eigenvalue weighted by atomic mass is 10.2. The van der Waals surface area contributed by atoms with E-state index in [-0.39, 0.29) is 17.3 Å². The minimum Gasteiger partial charge on any atom is -0.379 e. The molecule has 0 radical (unpaired) electrons. The molecule has 186 valence electrons. The van der Waals surface area contributed by atoms with Crippen molar-refractivity contribution in [3.63, 3.8) is 0 Å². The van der Waals surface area contributed by atoms with Gasteiger partial charge in [-0.05, 0) is 55.3 Å². The van der Waals surface area contributed by atoms with Gasteiger partial charge in [-0.25, -0.2) is 8.42 Å². The third-order valence-electron chi connectivity index (χ3n) is 6.38. The molecule has 2 fully saturated rings. The van der Waals surface area contributed by atoms with Gasteiger partial charge in [-0.1, -0.05) is 6.07 Å². The largest absolute Gasteiger partial charge is 0.379 e. The van der Waals surface area contributed by atoms with Crippen molar-refractivity contribution >= 4 is 27.3 Å². The van der Waals surface area contributed by atoms with Gasteiger partial charge in [0, 0.05) is 50.6 Å². The van der Waals surface area contributed by atoms with Crippen LogP contribution < -0.4 is 10.2 Å². The molecule has 4 rings (SSSR count). The normalized spacial score (nSPS) is 18.0. The number of rotatable bonds is 6. The second-order valence-corrected chi connectivity index (χ2v) is 10.7. The molecule has 0 spiro atoms. The molecule has 10 heteroatoms. The van der Waals surface area contributed by atoms with Gasteiger partial charge in [0.2, 0.25) is 15.9 Å². The zero-order valence-electron chi connectivity index (χ0n) is 19.9. The molecule has 1 N–H and O–H groups in total. The van der Waals surface area contributed by atoms with Crippen LogP contribution in [0, 0.1) is 18.3 Å².